The van der Waals surface area contributed by atoms with Gasteiger partial charge < -0.3 is 4.52 Å². The minimum atomic E-state index is -0.822. The highest BCUT2D eigenvalue weighted by Crippen LogP contribution is 2.59. The first kappa shape index (κ1) is 9.97. The fraction of sp³-hybridized carbons (Fsp3) is 0.222. The number of para-hydroxylation sites is 1. The summed E-state index contributed by atoms with van der Waals surface area (Å²) in [5.41, 5.74) is 0.926. The predicted molar refractivity (Wildman–Crippen MR) is 60.3 cm³/mol. The van der Waals surface area contributed by atoms with Gasteiger partial charge in [0.1, 0.15) is 0 Å². The Hall–Kier alpha value is -0.570. The fourth-order valence-corrected chi connectivity index (χ4v) is 4.55. The zero-order valence-electron chi connectivity index (χ0n) is 7.71. The van der Waals surface area contributed by atoms with Crippen molar-refractivity contribution >= 4 is 30.5 Å². The summed E-state index contributed by atoms with van der Waals surface area (Å²) in [6, 6.07) is 9.64. The lowest BCUT2D eigenvalue weighted by Crippen LogP contribution is -2.20. The molecule has 5 heteroatoms. The second kappa shape index (κ2) is 4.30. The number of hydrogen-bond acceptors (Lipinski definition) is 3. The summed E-state index contributed by atoms with van der Waals surface area (Å²) in [6.45, 7) is 0. The van der Waals surface area contributed by atoms with Gasteiger partial charge in [-0.2, -0.15) is 0 Å². The Balaban J connectivity index is 2.28. The highest BCUT2D eigenvalue weighted by Gasteiger charge is 2.33. The predicted octanol–water partition coefficient (Wildman–Crippen LogP) is 2.64. The van der Waals surface area contributed by atoms with E-state index in [0.717, 1.165) is 5.69 Å². The van der Waals surface area contributed by atoms with Crippen molar-refractivity contribution in [2.45, 2.75) is 0 Å². The summed E-state index contributed by atoms with van der Waals surface area (Å²) in [6.07, 6.45) is 0. The van der Waals surface area contributed by atoms with Crippen LogP contribution in [-0.4, -0.2) is 18.8 Å². The van der Waals surface area contributed by atoms with Crippen molar-refractivity contribution in [3.8, 4) is 0 Å². The van der Waals surface area contributed by atoms with E-state index in [-0.39, 0.29) is 5.91 Å². The number of amides is 1. The Kier molecular flexibility index (Phi) is 3.06. The zero-order chi connectivity index (χ0) is 9.97. The van der Waals surface area contributed by atoms with Crippen LogP contribution in [0.3, 0.4) is 0 Å². The molecule has 3 nitrogen and oxygen atoms in total. The number of hydrogen-bond donors (Lipinski definition) is 0. The first-order valence-electron chi connectivity index (χ1n) is 4.18. The number of anilines is 1. The topological polar surface area (TPSA) is 29.5 Å². The van der Waals surface area contributed by atoms with Crippen LogP contribution in [0, 0.1) is 0 Å². The molecule has 0 spiro atoms. The van der Waals surface area contributed by atoms with Crippen LogP contribution in [0.25, 0.3) is 0 Å². The minimum Gasteiger partial charge on any atom is -0.334 e. The molecule has 1 unspecified atom stereocenters. The van der Waals surface area contributed by atoms with Gasteiger partial charge in [-0.3, -0.25) is 9.46 Å². The number of rotatable bonds is 2. The van der Waals surface area contributed by atoms with E-state index >= 15 is 0 Å². The van der Waals surface area contributed by atoms with Gasteiger partial charge in [0, 0.05) is 7.11 Å². The van der Waals surface area contributed by atoms with Gasteiger partial charge in [-0.25, -0.2) is 0 Å². The maximum Gasteiger partial charge on any atom is 0.243 e. The molecule has 1 saturated heterocycles. The lowest BCUT2D eigenvalue weighted by atomic mass is 10.3. The molecule has 0 radical (unpaired) electrons. The molecule has 0 N–H and O–H groups in total. The monoisotopic (exact) mass is 227 g/mol. The lowest BCUT2D eigenvalue weighted by molar-refractivity contribution is -0.114. The van der Waals surface area contributed by atoms with Gasteiger partial charge in [-0.1, -0.05) is 29.6 Å². The number of nitrogens with zero attached hydrogens (tertiary/aromatic N) is 1. The maximum atomic E-state index is 11.6. The average molecular weight is 227 g/mol. The second-order valence-corrected chi connectivity index (χ2v) is 6.23. The molecule has 1 aromatic rings. The second-order valence-electron chi connectivity index (χ2n) is 2.73. The maximum absolute atomic E-state index is 11.6. The third-order valence-corrected chi connectivity index (χ3v) is 5.53. The Morgan fingerprint density at radius 3 is 2.79 bits per heavy atom. The lowest BCUT2D eigenvalue weighted by Gasteiger charge is -2.20. The third-order valence-electron chi connectivity index (χ3n) is 1.85. The first-order valence-corrected chi connectivity index (χ1v) is 6.98. The van der Waals surface area contributed by atoms with Gasteiger partial charge in [0.25, 0.3) is 0 Å². The quantitative estimate of drug-likeness (QED) is 0.727. The van der Waals surface area contributed by atoms with Gasteiger partial charge >= 0.3 is 0 Å². The molecule has 1 fully saturated rings. The van der Waals surface area contributed by atoms with E-state index in [4.69, 9.17) is 4.52 Å². The summed E-state index contributed by atoms with van der Waals surface area (Å²) < 4.78 is 7.03. The van der Waals surface area contributed by atoms with E-state index in [2.05, 4.69) is 0 Å². The molecular formula is C9H10NO2PS. The molecule has 1 aliphatic heterocycles. The number of benzene rings is 1. The van der Waals surface area contributed by atoms with Crippen LogP contribution < -0.4 is 4.67 Å². The van der Waals surface area contributed by atoms with Crippen molar-refractivity contribution in [2.24, 2.45) is 0 Å². The van der Waals surface area contributed by atoms with E-state index in [0.29, 0.717) is 5.75 Å². The van der Waals surface area contributed by atoms with E-state index in [1.165, 1.54) is 0 Å². The summed E-state index contributed by atoms with van der Waals surface area (Å²) in [5.74, 6) is 0.656. The van der Waals surface area contributed by atoms with E-state index in [1.54, 1.807) is 23.2 Å². The molecule has 1 aromatic carbocycles. The molecule has 74 valence electrons. The van der Waals surface area contributed by atoms with Crippen molar-refractivity contribution in [1.29, 1.82) is 0 Å². The molecule has 1 heterocycles. The SMILES string of the molecule is COP1SCC(=O)N1c1ccccc1. The smallest absolute Gasteiger partial charge is 0.243 e. The molecule has 1 atom stereocenters. The third kappa shape index (κ3) is 1.78. The first-order chi connectivity index (χ1) is 6.83. The molecule has 0 bridgehead atoms. The molecule has 0 aromatic heterocycles. The van der Waals surface area contributed by atoms with E-state index in [9.17, 15) is 4.79 Å². The zero-order valence-corrected chi connectivity index (χ0v) is 9.42. The van der Waals surface area contributed by atoms with E-state index in [1.807, 2.05) is 30.3 Å². The van der Waals surface area contributed by atoms with E-state index < -0.39 is 7.50 Å². The van der Waals surface area contributed by atoms with Crippen LogP contribution in [0.15, 0.2) is 30.3 Å². The van der Waals surface area contributed by atoms with Crippen LogP contribution in [0.4, 0.5) is 5.69 Å². The summed E-state index contributed by atoms with van der Waals surface area (Å²) in [7, 11) is 0.825. The van der Waals surface area contributed by atoms with Gasteiger partial charge in [0.15, 0.2) is 0 Å². The van der Waals surface area contributed by atoms with Gasteiger partial charge in [-0.15, -0.1) is 0 Å². The number of carbonyl (C=O) groups is 1. The Morgan fingerprint density at radius 1 is 1.43 bits per heavy atom. The van der Waals surface area contributed by atoms with Crippen LogP contribution in [0.1, 0.15) is 0 Å². The van der Waals surface area contributed by atoms with Gasteiger partial charge in [0.2, 0.25) is 13.4 Å². The number of carbonyl (C=O) groups excluding carboxylic acids is 1. The molecule has 14 heavy (non-hydrogen) atoms. The van der Waals surface area contributed by atoms with Crippen molar-refractivity contribution in [2.75, 3.05) is 17.5 Å². The van der Waals surface area contributed by atoms with Crippen LogP contribution in [-0.2, 0) is 9.32 Å². The highest BCUT2D eigenvalue weighted by atomic mass is 32.7. The molecule has 0 aliphatic carbocycles. The minimum absolute atomic E-state index is 0.133. The Bertz CT molecular complexity index is 333. The molecule has 0 saturated carbocycles. The Labute approximate surface area is 88.1 Å². The van der Waals surface area contributed by atoms with Gasteiger partial charge in [0.05, 0.1) is 11.4 Å². The molecular weight excluding hydrogens is 217 g/mol. The normalized spacial score (nSPS) is 21.6. The fourth-order valence-electron chi connectivity index (χ4n) is 1.26. The van der Waals surface area contributed by atoms with Gasteiger partial charge in [-0.05, 0) is 12.1 Å². The van der Waals surface area contributed by atoms with Crippen molar-refractivity contribution in [1.82, 2.24) is 0 Å². The van der Waals surface area contributed by atoms with Crippen molar-refractivity contribution in [3.05, 3.63) is 30.3 Å². The van der Waals surface area contributed by atoms with Crippen LogP contribution >= 0.6 is 18.9 Å². The summed E-state index contributed by atoms with van der Waals surface area (Å²) in [5, 5.41) is 0. The highest BCUT2D eigenvalue weighted by molar-refractivity contribution is 8.56. The molecule has 2 rings (SSSR count). The summed E-state index contributed by atoms with van der Waals surface area (Å²) in [4.78, 5) is 11.6. The Morgan fingerprint density at radius 2 is 2.14 bits per heavy atom. The standard InChI is InChI=1S/C9H10NO2PS/c1-12-13-10(9(11)7-14-13)8-5-3-2-4-6-8/h2-6H,7H2,1H3. The van der Waals surface area contributed by atoms with Crippen LogP contribution in [0.5, 0.6) is 0 Å². The molecule has 1 amide bonds. The van der Waals surface area contributed by atoms with Crippen LogP contribution in [0.2, 0.25) is 0 Å². The largest absolute Gasteiger partial charge is 0.334 e. The van der Waals surface area contributed by atoms with Crippen molar-refractivity contribution in [3.63, 3.8) is 0 Å². The molecule has 1 aliphatic rings. The van der Waals surface area contributed by atoms with Crippen molar-refractivity contribution < 1.29 is 9.32 Å². The summed E-state index contributed by atoms with van der Waals surface area (Å²) >= 11 is 1.57. The average Bonchev–Trinajstić information content (AvgIpc) is 2.61.